The van der Waals surface area contributed by atoms with E-state index in [1.54, 1.807) is 10.9 Å². The molecule has 16 heavy (non-hydrogen) atoms. The average Bonchev–Trinajstić information content (AvgIpc) is 2.45. The van der Waals surface area contributed by atoms with E-state index < -0.39 is 12.7 Å². The summed E-state index contributed by atoms with van der Waals surface area (Å²) in [5.41, 5.74) is 0. The SMILES string of the molecule is FC(F)(F)CN1CC(Cn2cc(Br)cn2)C1. The molecule has 1 aromatic rings. The molecule has 1 aliphatic heterocycles. The van der Waals surface area contributed by atoms with Crippen molar-refractivity contribution in [3.63, 3.8) is 0 Å². The number of alkyl halides is 3. The monoisotopic (exact) mass is 297 g/mol. The van der Waals surface area contributed by atoms with E-state index in [4.69, 9.17) is 0 Å². The predicted octanol–water partition coefficient (Wildman–Crippen LogP) is 2.14. The summed E-state index contributed by atoms with van der Waals surface area (Å²) in [6, 6.07) is 0. The minimum absolute atomic E-state index is 0.272. The van der Waals surface area contributed by atoms with Gasteiger partial charge >= 0.3 is 6.18 Å². The number of rotatable bonds is 3. The van der Waals surface area contributed by atoms with Crippen molar-refractivity contribution >= 4 is 15.9 Å². The fraction of sp³-hybridized carbons (Fsp3) is 0.667. The Labute approximate surface area is 99.3 Å². The minimum Gasteiger partial charge on any atom is -0.294 e. The van der Waals surface area contributed by atoms with Crippen LogP contribution in [0.3, 0.4) is 0 Å². The Balaban J connectivity index is 1.73. The molecule has 2 heterocycles. The van der Waals surface area contributed by atoms with E-state index in [-0.39, 0.29) is 5.92 Å². The topological polar surface area (TPSA) is 21.1 Å². The van der Waals surface area contributed by atoms with Crippen LogP contribution < -0.4 is 0 Å². The van der Waals surface area contributed by atoms with Crippen LogP contribution in [0.15, 0.2) is 16.9 Å². The lowest BCUT2D eigenvalue weighted by Crippen LogP contribution is -2.51. The van der Waals surface area contributed by atoms with Gasteiger partial charge in [-0.2, -0.15) is 18.3 Å². The van der Waals surface area contributed by atoms with Crippen molar-refractivity contribution in [1.29, 1.82) is 0 Å². The highest BCUT2D eigenvalue weighted by molar-refractivity contribution is 9.10. The Morgan fingerprint density at radius 1 is 1.44 bits per heavy atom. The normalized spacial score (nSPS) is 18.8. The molecule has 0 atom stereocenters. The predicted molar refractivity (Wildman–Crippen MR) is 55.9 cm³/mol. The zero-order valence-electron chi connectivity index (χ0n) is 8.41. The van der Waals surface area contributed by atoms with Crippen molar-refractivity contribution in [2.24, 2.45) is 5.92 Å². The van der Waals surface area contributed by atoms with Gasteiger partial charge in [0.15, 0.2) is 0 Å². The van der Waals surface area contributed by atoms with Gasteiger partial charge in [0.25, 0.3) is 0 Å². The number of halogens is 4. The summed E-state index contributed by atoms with van der Waals surface area (Å²) in [5.74, 6) is 0.272. The van der Waals surface area contributed by atoms with Crippen LogP contribution >= 0.6 is 15.9 Å². The lowest BCUT2D eigenvalue weighted by Gasteiger charge is -2.39. The van der Waals surface area contributed by atoms with Gasteiger partial charge in [-0.05, 0) is 15.9 Å². The van der Waals surface area contributed by atoms with Crippen molar-refractivity contribution in [3.05, 3.63) is 16.9 Å². The third-order valence-electron chi connectivity index (χ3n) is 2.48. The van der Waals surface area contributed by atoms with Crippen molar-refractivity contribution in [1.82, 2.24) is 14.7 Å². The van der Waals surface area contributed by atoms with Crippen LogP contribution in [-0.4, -0.2) is 40.5 Å². The quantitative estimate of drug-likeness (QED) is 0.852. The molecule has 7 heteroatoms. The highest BCUT2D eigenvalue weighted by atomic mass is 79.9. The number of likely N-dealkylation sites (tertiary alicyclic amines) is 1. The highest BCUT2D eigenvalue weighted by Gasteiger charge is 2.36. The first-order valence-corrected chi connectivity index (χ1v) is 5.69. The van der Waals surface area contributed by atoms with Crippen LogP contribution in [0.2, 0.25) is 0 Å². The summed E-state index contributed by atoms with van der Waals surface area (Å²) in [6.45, 7) is 0.875. The van der Waals surface area contributed by atoms with Gasteiger partial charge in [-0.1, -0.05) is 0 Å². The standard InChI is InChI=1S/C9H11BrF3N3/c10-8-1-14-16(5-8)4-7-2-15(3-7)6-9(11,12)13/h1,5,7H,2-4,6H2. The van der Waals surface area contributed by atoms with Gasteiger partial charge in [-0.25, -0.2) is 0 Å². The molecule has 0 aliphatic carbocycles. The van der Waals surface area contributed by atoms with Crippen molar-refractivity contribution < 1.29 is 13.2 Å². The first-order valence-electron chi connectivity index (χ1n) is 4.89. The van der Waals surface area contributed by atoms with Crippen LogP contribution in [0.5, 0.6) is 0 Å². The van der Waals surface area contributed by atoms with Gasteiger partial charge in [-0.3, -0.25) is 9.58 Å². The van der Waals surface area contributed by atoms with Crippen LogP contribution in [0, 0.1) is 5.92 Å². The molecule has 1 fully saturated rings. The molecule has 0 spiro atoms. The van der Waals surface area contributed by atoms with E-state index in [9.17, 15) is 13.2 Å². The second-order valence-corrected chi connectivity index (χ2v) is 4.97. The minimum atomic E-state index is -4.08. The number of hydrogen-bond donors (Lipinski definition) is 0. The van der Waals surface area contributed by atoms with Gasteiger partial charge in [0.1, 0.15) is 0 Å². The molecule has 1 saturated heterocycles. The molecule has 0 amide bonds. The maximum absolute atomic E-state index is 12.0. The van der Waals surface area contributed by atoms with Crippen molar-refractivity contribution in [2.75, 3.05) is 19.6 Å². The molecular weight excluding hydrogens is 287 g/mol. The summed E-state index contributed by atoms with van der Waals surface area (Å²) in [4.78, 5) is 1.41. The smallest absolute Gasteiger partial charge is 0.294 e. The number of aromatic nitrogens is 2. The Bertz CT molecular complexity index is 357. The summed E-state index contributed by atoms with van der Waals surface area (Å²) >= 11 is 3.27. The van der Waals surface area contributed by atoms with Crippen LogP contribution in [0.4, 0.5) is 13.2 Å². The van der Waals surface area contributed by atoms with Crippen molar-refractivity contribution in [2.45, 2.75) is 12.7 Å². The molecule has 0 aromatic carbocycles. The zero-order chi connectivity index (χ0) is 11.8. The second kappa shape index (κ2) is 4.37. The molecule has 0 radical (unpaired) electrons. The number of nitrogens with zero attached hydrogens (tertiary/aromatic N) is 3. The van der Waals surface area contributed by atoms with E-state index in [0.29, 0.717) is 19.6 Å². The Hall–Kier alpha value is -0.560. The Morgan fingerprint density at radius 2 is 2.12 bits per heavy atom. The van der Waals surface area contributed by atoms with Gasteiger partial charge in [-0.15, -0.1) is 0 Å². The largest absolute Gasteiger partial charge is 0.401 e. The molecule has 0 unspecified atom stereocenters. The summed E-state index contributed by atoms with van der Waals surface area (Å²) < 4.78 is 38.7. The van der Waals surface area contributed by atoms with Crippen LogP contribution in [0.1, 0.15) is 0 Å². The van der Waals surface area contributed by atoms with E-state index in [0.717, 1.165) is 4.47 Å². The fourth-order valence-electron chi connectivity index (χ4n) is 1.88. The third kappa shape index (κ3) is 3.21. The molecular formula is C9H11BrF3N3. The lowest BCUT2D eigenvalue weighted by atomic mass is 10.0. The van der Waals surface area contributed by atoms with E-state index >= 15 is 0 Å². The summed E-state index contributed by atoms with van der Waals surface area (Å²) in [5, 5.41) is 4.07. The molecule has 1 aliphatic rings. The zero-order valence-corrected chi connectivity index (χ0v) is 10.00. The van der Waals surface area contributed by atoms with E-state index in [2.05, 4.69) is 21.0 Å². The molecule has 0 N–H and O–H groups in total. The van der Waals surface area contributed by atoms with Gasteiger partial charge in [0, 0.05) is 31.7 Å². The molecule has 2 rings (SSSR count). The first-order chi connectivity index (χ1) is 7.42. The Morgan fingerprint density at radius 3 is 2.62 bits per heavy atom. The first kappa shape index (κ1) is 11.9. The molecule has 0 saturated carbocycles. The van der Waals surface area contributed by atoms with Gasteiger partial charge < -0.3 is 0 Å². The highest BCUT2D eigenvalue weighted by Crippen LogP contribution is 2.24. The lowest BCUT2D eigenvalue weighted by molar-refractivity contribution is -0.159. The van der Waals surface area contributed by atoms with Gasteiger partial charge in [0.05, 0.1) is 17.2 Å². The molecule has 3 nitrogen and oxygen atoms in total. The third-order valence-corrected chi connectivity index (χ3v) is 2.89. The molecule has 90 valence electrons. The van der Waals surface area contributed by atoms with E-state index in [1.165, 1.54) is 4.90 Å². The summed E-state index contributed by atoms with van der Waals surface area (Å²) in [6.07, 6.45) is -0.585. The maximum Gasteiger partial charge on any atom is 0.401 e. The Kier molecular flexibility index (Phi) is 3.25. The molecule has 1 aromatic heterocycles. The van der Waals surface area contributed by atoms with E-state index in [1.807, 2.05) is 6.20 Å². The number of hydrogen-bond acceptors (Lipinski definition) is 2. The second-order valence-electron chi connectivity index (χ2n) is 4.06. The summed E-state index contributed by atoms with van der Waals surface area (Å²) in [7, 11) is 0. The fourth-order valence-corrected chi connectivity index (χ4v) is 2.21. The van der Waals surface area contributed by atoms with Crippen LogP contribution in [0.25, 0.3) is 0 Å². The van der Waals surface area contributed by atoms with Gasteiger partial charge in [0.2, 0.25) is 0 Å². The van der Waals surface area contributed by atoms with Crippen molar-refractivity contribution in [3.8, 4) is 0 Å². The maximum atomic E-state index is 12.0. The average molecular weight is 298 g/mol. The van der Waals surface area contributed by atoms with Crippen LogP contribution in [-0.2, 0) is 6.54 Å². The molecule has 0 bridgehead atoms.